The number of aromatic nitrogens is 1. The summed E-state index contributed by atoms with van der Waals surface area (Å²) >= 11 is 1.49. The second-order valence-corrected chi connectivity index (χ2v) is 7.15. The zero-order valence-electron chi connectivity index (χ0n) is 12.7. The highest BCUT2D eigenvalue weighted by molar-refractivity contribution is 7.99. The standard InChI is InChI=1S/C17H19NO2S/c1-11-6-5-7-13(8-11)21-15-10-12(16(19)20)9-14(18-15)17(2,3)4/h5-10H,1-4H3,(H,19,20). The third-order valence-corrected chi connectivity index (χ3v) is 3.94. The number of hydrogen-bond donors (Lipinski definition) is 1. The maximum Gasteiger partial charge on any atom is 0.335 e. The van der Waals surface area contributed by atoms with Crippen LogP contribution in [0.5, 0.6) is 0 Å². The lowest BCUT2D eigenvalue weighted by atomic mass is 9.91. The summed E-state index contributed by atoms with van der Waals surface area (Å²) in [7, 11) is 0. The van der Waals surface area contributed by atoms with Crippen molar-refractivity contribution in [2.45, 2.75) is 43.0 Å². The molecule has 0 aliphatic carbocycles. The molecular weight excluding hydrogens is 282 g/mol. The first kappa shape index (κ1) is 15.6. The van der Waals surface area contributed by atoms with Crippen LogP contribution in [0.1, 0.15) is 42.4 Å². The molecule has 1 heterocycles. The van der Waals surface area contributed by atoms with Gasteiger partial charge in [0.2, 0.25) is 0 Å². The summed E-state index contributed by atoms with van der Waals surface area (Å²) in [5.74, 6) is -0.922. The number of aromatic carboxylic acids is 1. The Kier molecular flexibility index (Phi) is 4.37. The van der Waals surface area contributed by atoms with Crippen LogP contribution in [0.3, 0.4) is 0 Å². The smallest absolute Gasteiger partial charge is 0.335 e. The first-order valence-electron chi connectivity index (χ1n) is 6.76. The molecule has 0 amide bonds. The first-order chi connectivity index (χ1) is 9.75. The molecule has 0 saturated carbocycles. The van der Waals surface area contributed by atoms with Crippen LogP contribution < -0.4 is 0 Å². The highest BCUT2D eigenvalue weighted by Crippen LogP contribution is 2.30. The maximum atomic E-state index is 11.3. The summed E-state index contributed by atoms with van der Waals surface area (Å²) in [5.41, 5.74) is 2.06. The molecule has 0 aliphatic rings. The van der Waals surface area contributed by atoms with Gasteiger partial charge in [0, 0.05) is 16.0 Å². The van der Waals surface area contributed by atoms with Crippen LogP contribution in [0.25, 0.3) is 0 Å². The van der Waals surface area contributed by atoms with E-state index in [1.165, 1.54) is 17.3 Å². The number of benzene rings is 1. The fourth-order valence-electron chi connectivity index (χ4n) is 1.86. The van der Waals surface area contributed by atoms with E-state index in [0.717, 1.165) is 10.6 Å². The van der Waals surface area contributed by atoms with Crippen molar-refractivity contribution in [3.05, 3.63) is 53.2 Å². The molecule has 2 rings (SSSR count). The Morgan fingerprint density at radius 3 is 2.48 bits per heavy atom. The third-order valence-electron chi connectivity index (χ3n) is 3.03. The van der Waals surface area contributed by atoms with E-state index in [1.54, 1.807) is 12.1 Å². The van der Waals surface area contributed by atoms with Gasteiger partial charge in [0.15, 0.2) is 0 Å². The fraction of sp³-hybridized carbons (Fsp3) is 0.294. The highest BCUT2D eigenvalue weighted by Gasteiger charge is 2.19. The van der Waals surface area contributed by atoms with E-state index in [0.29, 0.717) is 5.03 Å². The van der Waals surface area contributed by atoms with Crippen molar-refractivity contribution in [3.8, 4) is 0 Å². The first-order valence-corrected chi connectivity index (χ1v) is 7.58. The molecule has 0 unspecified atom stereocenters. The molecule has 1 aromatic heterocycles. The summed E-state index contributed by atoms with van der Waals surface area (Å²) < 4.78 is 0. The van der Waals surface area contributed by atoms with Crippen LogP contribution in [0.2, 0.25) is 0 Å². The molecular formula is C17H19NO2S. The van der Waals surface area contributed by atoms with Crippen molar-refractivity contribution in [2.24, 2.45) is 0 Å². The number of carbonyl (C=O) groups is 1. The molecule has 1 aromatic carbocycles. The molecule has 2 aromatic rings. The average Bonchev–Trinajstić information content (AvgIpc) is 2.37. The molecule has 0 atom stereocenters. The number of hydrogen-bond acceptors (Lipinski definition) is 3. The third kappa shape index (κ3) is 4.08. The molecule has 3 nitrogen and oxygen atoms in total. The van der Waals surface area contributed by atoms with Crippen molar-refractivity contribution in [1.82, 2.24) is 4.98 Å². The highest BCUT2D eigenvalue weighted by atomic mass is 32.2. The van der Waals surface area contributed by atoms with Crippen molar-refractivity contribution in [1.29, 1.82) is 0 Å². The van der Waals surface area contributed by atoms with Gasteiger partial charge in [0.05, 0.1) is 5.56 Å². The van der Waals surface area contributed by atoms with Crippen molar-refractivity contribution >= 4 is 17.7 Å². The van der Waals surface area contributed by atoms with Crippen LogP contribution >= 0.6 is 11.8 Å². The second kappa shape index (κ2) is 5.90. The number of rotatable bonds is 3. The van der Waals surface area contributed by atoms with E-state index < -0.39 is 5.97 Å². The molecule has 110 valence electrons. The fourth-order valence-corrected chi connectivity index (χ4v) is 2.83. The summed E-state index contributed by atoms with van der Waals surface area (Å²) in [5, 5.41) is 9.99. The lowest BCUT2D eigenvalue weighted by molar-refractivity contribution is 0.0696. The van der Waals surface area contributed by atoms with Crippen molar-refractivity contribution < 1.29 is 9.90 Å². The molecule has 0 saturated heterocycles. The SMILES string of the molecule is Cc1cccc(Sc2cc(C(=O)O)cc(C(C)(C)C)n2)c1. The molecule has 21 heavy (non-hydrogen) atoms. The maximum absolute atomic E-state index is 11.3. The molecule has 0 aliphatic heterocycles. The van der Waals surface area contributed by atoms with Gasteiger partial charge >= 0.3 is 5.97 Å². The van der Waals surface area contributed by atoms with Gasteiger partial charge in [0.25, 0.3) is 0 Å². The van der Waals surface area contributed by atoms with Gasteiger partial charge < -0.3 is 5.11 Å². The minimum absolute atomic E-state index is 0.187. The quantitative estimate of drug-likeness (QED) is 0.904. The zero-order valence-corrected chi connectivity index (χ0v) is 13.5. The predicted molar refractivity (Wildman–Crippen MR) is 85.2 cm³/mol. The second-order valence-electron chi connectivity index (χ2n) is 6.05. The predicted octanol–water partition coefficient (Wildman–Crippen LogP) is 4.54. The molecule has 0 bridgehead atoms. The van der Waals surface area contributed by atoms with Gasteiger partial charge in [-0.2, -0.15) is 0 Å². The summed E-state index contributed by atoms with van der Waals surface area (Å²) in [6.45, 7) is 8.12. The number of nitrogens with zero attached hydrogens (tertiary/aromatic N) is 1. The Balaban J connectivity index is 2.43. The van der Waals surface area contributed by atoms with Gasteiger partial charge in [-0.25, -0.2) is 9.78 Å². The summed E-state index contributed by atoms with van der Waals surface area (Å²) in [4.78, 5) is 17.0. The van der Waals surface area contributed by atoms with Gasteiger partial charge in [-0.3, -0.25) is 0 Å². The molecule has 1 N–H and O–H groups in total. The lowest BCUT2D eigenvalue weighted by Gasteiger charge is -2.19. The van der Waals surface area contributed by atoms with Crippen LogP contribution in [-0.2, 0) is 5.41 Å². The zero-order chi connectivity index (χ0) is 15.6. The topological polar surface area (TPSA) is 50.2 Å². The number of carboxylic acids is 1. The van der Waals surface area contributed by atoms with E-state index in [-0.39, 0.29) is 11.0 Å². The van der Waals surface area contributed by atoms with Crippen molar-refractivity contribution in [2.75, 3.05) is 0 Å². The Morgan fingerprint density at radius 2 is 1.90 bits per heavy atom. The largest absolute Gasteiger partial charge is 0.478 e. The van der Waals surface area contributed by atoms with Crippen LogP contribution in [0.4, 0.5) is 0 Å². The van der Waals surface area contributed by atoms with E-state index in [1.807, 2.05) is 45.9 Å². The average molecular weight is 301 g/mol. The minimum atomic E-state index is -0.922. The lowest BCUT2D eigenvalue weighted by Crippen LogP contribution is -2.15. The summed E-state index contributed by atoms with van der Waals surface area (Å²) in [6, 6.07) is 11.4. The Morgan fingerprint density at radius 1 is 1.19 bits per heavy atom. The van der Waals surface area contributed by atoms with Crippen molar-refractivity contribution in [3.63, 3.8) is 0 Å². The number of pyridine rings is 1. The summed E-state index contributed by atoms with van der Waals surface area (Å²) in [6.07, 6.45) is 0. The minimum Gasteiger partial charge on any atom is -0.478 e. The van der Waals surface area contributed by atoms with E-state index in [4.69, 9.17) is 0 Å². The molecule has 0 fully saturated rings. The number of carboxylic acid groups (broad SMARTS) is 1. The van der Waals surface area contributed by atoms with Gasteiger partial charge in [0.1, 0.15) is 5.03 Å². The van der Waals surface area contributed by atoms with Crippen LogP contribution in [-0.4, -0.2) is 16.1 Å². The molecule has 0 spiro atoms. The van der Waals surface area contributed by atoms with E-state index in [9.17, 15) is 9.90 Å². The van der Waals surface area contributed by atoms with Crippen LogP contribution in [0, 0.1) is 6.92 Å². The molecule has 4 heteroatoms. The van der Waals surface area contributed by atoms with Gasteiger partial charge in [-0.1, -0.05) is 50.2 Å². The number of aryl methyl sites for hydroxylation is 1. The van der Waals surface area contributed by atoms with Crippen LogP contribution in [0.15, 0.2) is 46.3 Å². The Bertz CT molecular complexity index is 675. The Hall–Kier alpha value is -1.81. The van der Waals surface area contributed by atoms with E-state index in [2.05, 4.69) is 11.1 Å². The van der Waals surface area contributed by atoms with E-state index >= 15 is 0 Å². The van der Waals surface area contributed by atoms with Gasteiger partial charge in [-0.05, 0) is 31.2 Å². The van der Waals surface area contributed by atoms with Gasteiger partial charge in [-0.15, -0.1) is 0 Å². The molecule has 0 radical (unpaired) electrons. The normalized spacial score (nSPS) is 11.4. The Labute approximate surface area is 129 Å². The monoisotopic (exact) mass is 301 g/mol.